The fraction of sp³-hybridized carbons (Fsp3) is 0.167. The second-order valence-corrected chi connectivity index (χ2v) is 12.2. The van der Waals surface area contributed by atoms with Crippen LogP contribution in [0.2, 0.25) is 0 Å². The molecule has 1 aromatic heterocycles. The Bertz CT molecular complexity index is 1900. The number of aryl methyl sites for hydroxylation is 2. The van der Waals surface area contributed by atoms with Gasteiger partial charge >= 0.3 is 0 Å². The number of nitrogens with zero attached hydrogens (tertiary/aromatic N) is 3. The van der Waals surface area contributed by atoms with Crippen molar-refractivity contribution in [2.75, 3.05) is 4.90 Å². The van der Waals surface area contributed by atoms with Gasteiger partial charge in [-0.25, -0.2) is 0 Å². The average molecular weight is 536 g/mol. The number of benzene rings is 4. The molecular weight excluding hydrogens is 506 g/mol. The van der Waals surface area contributed by atoms with Gasteiger partial charge in [0, 0.05) is 32.2 Å². The molecule has 4 aromatic carbocycles. The summed E-state index contributed by atoms with van der Waals surface area (Å²) >= 11 is 1.65. The maximum Gasteiger partial charge on any atom is 0.131 e. The summed E-state index contributed by atoms with van der Waals surface area (Å²) < 4.78 is 0. The van der Waals surface area contributed by atoms with E-state index in [1.54, 1.807) is 17.4 Å². The molecule has 0 unspecified atom stereocenters. The van der Waals surface area contributed by atoms with Gasteiger partial charge in [-0.1, -0.05) is 50.2 Å². The molecule has 0 saturated heterocycles. The summed E-state index contributed by atoms with van der Waals surface area (Å²) in [6.07, 6.45) is 1.69. The number of nitriles is 2. The van der Waals surface area contributed by atoms with Crippen molar-refractivity contribution >= 4 is 45.2 Å². The Morgan fingerprint density at radius 1 is 0.750 bits per heavy atom. The molecule has 194 valence electrons. The van der Waals surface area contributed by atoms with E-state index < -0.39 is 0 Å². The molecule has 4 heteroatoms. The van der Waals surface area contributed by atoms with Gasteiger partial charge < -0.3 is 4.90 Å². The average Bonchev–Trinajstić information content (AvgIpc) is 3.46. The van der Waals surface area contributed by atoms with Crippen molar-refractivity contribution in [3.05, 3.63) is 117 Å². The monoisotopic (exact) mass is 535 g/mol. The van der Waals surface area contributed by atoms with Crippen LogP contribution < -0.4 is 4.90 Å². The van der Waals surface area contributed by atoms with Crippen LogP contribution in [0.3, 0.4) is 0 Å². The van der Waals surface area contributed by atoms with Gasteiger partial charge in [-0.3, -0.25) is 0 Å². The molecule has 0 fully saturated rings. The third kappa shape index (κ3) is 4.10. The van der Waals surface area contributed by atoms with Crippen molar-refractivity contribution < 1.29 is 0 Å². The third-order valence-electron chi connectivity index (χ3n) is 8.29. The molecule has 0 aliphatic heterocycles. The van der Waals surface area contributed by atoms with E-state index in [9.17, 15) is 10.5 Å². The standard InChI is InChI=1S/C36H29N3S/c1-22-14-30(15-23(2)24(22)3)39(28-11-10-26-8-6-7-9-27(26)17-28)29-12-13-32-33(18-29)36(4,5)34-19-31(40-35(32)34)16-25(20-37)21-38/h6-19H,1-5H3. The van der Waals surface area contributed by atoms with Crippen LogP contribution in [0.25, 0.3) is 27.3 Å². The van der Waals surface area contributed by atoms with Crippen LogP contribution >= 0.6 is 11.3 Å². The largest absolute Gasteiger partial charge is 0.310 e. The highest BCUT2D eigenvalue weighted by Crippen LogP contribution is 2.54. The van der Waals surface area contributed by atoms with Gasteiger partial charge in [-0.15, -0.1) is 11.3 Å². The predicted octanol–water partition coefficient (Wildman–Crippen LogP) is 10.0. The Labute approximate surface area is 239 Å². The minimum absolute atomic E-state index is 0.128. The lowest BCUT2D eigenvalue weighted by atomic mass is 9.82. The van der Waals surface area contributed by atoms with E-state index in [1.165, 1.54) is 49.0 Å². The van der Waals surface area contributed by atoms with Gasteiger partial charge in [0.05, 0.1) is 0 Å². The molecule has 1 aliphatic rings. The van der Waals surface area contributed by atoms with Gasteiger partial charge in [-0.05, 0) is 113 Å². The van der Waals surface area contributed by atoms with Crippen LogP contribution in [0.4, 0.5) is 17.1 Å². The first-order valence-corrected chi connectivity index (χ1v) is 14.2. The van der Waals surface area contributed by atoms with E-state index in [0.29, 0.717) is 0 Å². The fourth-order valence-corrected chi connectivity index (χ4v) is 7.12. The summed E-state index contributed by atoms with van der Waals surface area (Å²) in [7, 11) is 0. The molecule has 0 spiro atoms. The minimum atomic E-state index is -0.211. The maximum absolute atomic E-state index is 9.23. The second-order valence-electron chi connectivity index (χ2n) is 11.1. The van der Waals surface area contributed by atoms with Gasteiger partial charge in [0.25, 0.3) is 0 Å². The van der Waals surface area contributed by atoms with Crippen LogP contribution in [0.15, 0.2) is 84.4 Å². The molecule has 1 heterocycles. The minimum Gasteiger partial charge on any atom is -0.310 e. The summed E-state index contributed by atoms with van der Waals surface area (Å²) in [4.78, 5) is 4.52. The van der Waals surface area contributed by atoms with Gasteiger partial charge in [-0.2, -0.15) is 10.5 Å². The Balaban J connectivity index is 1.53. The molecular formula is C36H29N3S. The lowest BCUT2D eigenvalue weighted by molar-refractivity contribution is 0.662. The first kappa shape index (κ1) is 25.6. The molecule has 6 rings (SSSR count). The predicted molar refractivity (Wildman–Crippen MR) is 167 cm³/mol. The normalized spacial score (nSPS) is 12.8. The van der Waals surface area contributed by atoms with Crippen LogP contribution in [-0.4, -0.2) is 0 Å². The SMILES string of the molecule is Cc1cc(N(c2ccc3c(c2)C(C)(C)c2cc(C=C(C#N)C#N)sc2-3)c2ccc3ccccc3c2)cc(C)c1C. The number of allylic oxidation sites excluding steroid dienone is 1. The fourth-order valence-electron chi connectivity index (χ4n) is 5.81. The molecule has 0 radical (unpaired) electrons. The summed E-state index contributed by atoms with van der Waals surface area (Å²) in [5.74, 6) is 0. The molecule has 1 aliphatic carbocycles. The Hall–Kier alpha value is -4.64. The van der Waals surface area contributed by atoms with Crippen molar-refractivity contribution in [3.63, 3.8) is 0 Å². The zero-order chi connectivity index (χ0) is 28.2. The van der Waals surface area contributed by atoms with Gasteiger partial charge in [0.2, 0.25) is 0 Å². The number of fused-ring (bicyclic) bond motifs is 4. The molecule has 40 heavy (non-hydrogen) atoms. The van der Waals surface area contributed by atoms with Crippen molar-refractivity contribution in [1.29, 1.82) is 10.5 Å². The first-order valence-electron chi connectivity index (χ1n) is 13.4. The van der Waals surface area contributed by atoms with Crippen molar-refractivity contribution in [1.82, 2.24) is 0 Å². The van der Waals surface area contributed by atoms with E-state index in [4.69, 9.17) is 0 Å². The van der Waals surface area contributed by atoms with Gasteiger partial charge in [0.1, 0.15) is 17.7 Å². The summed E-state index contributed by atoms with van der Waals surface area (Å²) in [5, 5.41) is 20.9. The highest BCUT2D eigenvalue weighted by molar-refractivity contribution is 7.16. The third-order valence-corrected chi connectivity index (χ3v) is 9.41. The maximum atomic E-state index is 9.23. The Morgan fingerprint density at radius 3 is 2.10 bits per heavy atom. The van der Waals surface area contributed by atoms with Crippen LogP contribution in [0.5, 0.6) is 0 Å². The van der Waals surface area contributed by atoms with Crippen LogP contribution in [-0.2, 0) is 5.41 Å². The molecule has 0 N–H and O–H groups in total. The van der Waals surface area contributed by atoms with E-state index in [-0.39, 0.29) is 11.0 Å². The molecule has 0 saturated carbocycles. The van der Waals surface area contributed by atoms with Crippen LogP contribution in [0.1, 0.15) is 46.5 Å². The summed E-state index contributed by atoms with van der Waals surface area (Å²) in [6, 6.07) is 32.6. The van der Waals surface area contributed by atoms with E-state index in [1.807, 2.05) is 12.1 Å². The number of hydrogen-bond donors (Lipinski definition) is 0. The summed E-state index contributed by atoms with van der Waals surface area (Å²) in [6.45, 7) is 11.1. The second kappa shape index (κ2) is 9.53. The summed E-state index contributed by atoms with van der Waals surface area (Å²) in [5.41, 5.74) is 10.9. The van der Waals surface area contributed by atoms with Crippen molar-refractivity contribution in [2.45, 2.75) is 40.0 Å². The lowest BCUT2D eigenvalue weighted by Crippen LogP contribution is -2.16. The molecule has 0 amide bonds. The van der Waals surface area contributed by atoms with E-state index >= 15 is 0 Å². The van der Waals surface area contributed by atoms with Crippen LogP contribution in [0, 0.1) is 43.4 Å². The number of anilines is 3. The molecule has 3 nitrogen and oxygen atoms in total. The zero-order valence-electron chi connectivity index (χ0n) is 23.3. The quantitative estimate of drug-likeness (QED) is 0.215. The number of rotatable bonds is 4. The number of hydrogen-bond acceptors (Lipinski definition) is 4. The zero-order valence-corrected chi connectivity index (χ0v) is 24.1. The van der Waals surface area contributed by atoms with Crippen molar-refractivity contribution in [3.8, 4) is 22.6 Å². The molecule has 5 aromatic rings. The van der Waals surface area contributed by atoms with Gasteiger partial charge in [0.15, 0.2) is 0 Å². The smallest absolute Gasteiger partial charge is 0.131 e. The highest BCUT2D eigenvalue weighted by Gasteiger charge is 2.38. The highest BCUT2D eigenvalue weighted by atomic mass is 32.1. The van der Waals surface area contributed by atoms with E-state index in [2.05, 4.69) is 118 Å². The first-order chi connectivity index (χ1) is 19.2. The Kier molecular flexibility index (Phi) is 6.10. The lowest BCUT2D eigenvalue weighted by Gasteiger charge is -2.29. The van der Waals surface area contributed by atoms with Crippen molar-refractivity contribution in [2.24, 2.45) is 0 Å². The topological polar surface area (TPSA) is 50.8 Å². The molecule has 0 bridgehead atoms. The van der Waals surface area contributed by atoms with E-state index in [0.717, 1.165) is 21.9 Å². The number of thiophene rings is 1. The molecule has 0 atom stereocenters. The Morgan fingerprint density at radius 2 is 1.40 bits per heavy atom.